The van der Waals surface area contributed by atoms with Crippen LogP contribution in [0.4, 0.5) is 0 Å². The second-order valence-corrected chi connectivity index (χ2v) is 7.52. The smallest absolute Gasteiger partial charge is 0.321 e. The fourth-order valence-electron chi connectivity index (χ4n) is 2.20. The molecule has 6 heteroatoms. The third-order valence-electron chi connectivity index (χ3n) is 3.31. The van der Waals surface area contributed by atoms with Crippen LogP contribution in [0.5, 0.6) is 0 Å². The molecule has 0 aliphatic rings. The Morgan fingerprint density at radius 2 is 1.76 bits per heavy atom. The molecule has 0 aliphatic carbocycles. The third-order valence-corrected chi connectivity index (χ3v) is 4.62. The van der Waals surface area contributed by atoms with Gasteiger partial charge in [0.05, 0.1) is 5.75 Å². The number of hydrogen-bond donors (Lipinski definition) is 2. The van der Waals surface area contributed by atoms with Crippen LogP contribution >= 0.6 is 0 Å². The molecule has 21 heavy (non-hydrogen) atoms. The Kier molecular flexibility index (Phi) is 5.92. The predicted octanol–water partition coefficient (Wildman–Crippen LogP) is 2.22. The van der Waals surface area contributed by atoms with Crippen LogP contribution in [-0.2, 0) is 20.6 Å². The number of rotatable bonds is 7. The molecule has 118 valence electrons. The van der Waals surface area contributed by atoms with Gasteiger partial charge in [-0.1, -0.05) is 32.0 Å². The Balaban J connectivity index is 2.93. The molecule has 0 unspecified atom stereocenters. The largest absolute Gasteiger partial charge is 0.480 e. The molecule has 1 aromatic carbocycles. The lowest BCUT2D eigenvalue weighted by Gasteiger charge is -2.17. The predicted molar refractivity (Wildman–Crippen MR) is 82.6 cm³/mol. The van der Waals surface area contributed by atoms with Crippen molar-refractivity contribution in [1.82, 2.24) is 4.72 Å². The van der Waals surface area contributed by atoms with Crippen molar-refractivity contribution in [2.45, 2.75) is 45.9 Å². The Bertz CT molecular complexity index is 588. The van der Waals surface area contributed by atoms with Crippen LogP contribution in [0.1, 0.15) is 37.0 Å². The molecule has 0 radical (unpaired) electrons. The van der Waals surface area contributed by atoms with E-state index in [9.17, 15) is 13.2 Å². The van der Waals surface area contributed by atoms with Crippen LogP contribution in [0.2, 0.25) is 0 Å². The van der Waals surface area contributed by atoms with Crippen LogP contribution in [0, 0.1) is 19.8 Å². The number of aryl methyl sites for hydroxylation is 2. The van der Waals surface area contributed by atoms with Crippen LogP contribution in [0.15, 0.2) is 18.2 Å². The van der Waals surface area contributed by atoms with Gasteiger partial charge < -0.3 is 5.11 Å². The van der Waals surface area contributed by atoms with Gasteiger partial charge >= 0.3 is 5.97 Å². The third kappa shape index (κ3) is 5.47. The van der Waals surface area contributed by atoms with E-state index in [1.165, 1.54) is 0 Å². The van der Waals surface area contributed by atoms with E-state index in [1.807, 2.05) is 45.9 Å². The summed E-state index contributed by atoms with van der Waals surface area (Å²) in [6, 6.07) is 4.48. The highest BCUT2D eigenvalue weighted by molar-refractivity contribution is 7.88. The van der Waals surface area contributed by atoms with Gasteiger partial charge in [0.2, 0.25) is 10.0 Å². The molecule has 0 saturated carbocycles. The number of aliphatic carboxylic acids is 1. The molecule has 0 saturated heterocycles. The normalized spacial score (nSPS) is 13.4. The van der Waals surface area contributed by atoms with Crippen molar-refractivity contribution >= 4 is 16.0 Å². The number of carbonyl (C=O) groups is 1. The lowest BCUT2D eigenvalue weighted by Crippen LogP contribution is -2.42. The standard InChI is InChI=1S/C15H23NO4S/c1-10(2)8-14(15(17)18)16-21(19,20)9-13-11(3)6-5-7-12(13)4/h5-7,10,14,16H,8-9H2,1-4H3,(H,17,18)/t14-/m0/s1. The summed E-state index contributed by atoms with van der Waals surface area (Å²) in [5.74, 6) is -1.25. The molecule has 0 fully saturated rings. The second-order valence-electron chi connectivity index (χ2n) is 5.77. The van der Waals surface area contributed by atoms with Gasteiger partial charge in [-0.2, -0.15) is 0 Å². The van der Waals surface area contributed by atoms with Gasteiger partial charge in [0.25, 0.3) is 0 Å². The van der Waals surface area contributed by atoms with Crippen molar-refractivity contribution in [3.63, 3.8) is 0 Å². The summed E-state index contributed by atoms with van der Waals surface area (Å²) in [5.41, 5.74) is 2.49. The first-order valence-corrected chi connectivity index (χ1v) is 8.55. The maximum absolute atomic E-state index is 12.2. The Morgan fingerprint density at radius 3 is 2.19 bits per heavy atom. The fraction of sp³-hybridized carbons (Fsp3) is 0.533. The quantitative estimate of drug-likeness (QED) is 0.808. The molecular formula is C15H23NO4S. The molecule has 0 spiro atoms. The molecule has 0 bridgehead atoms. The first-order chi connectivity index (χ1) is 9.62. The van der Waals surface area contributed by atoms with E-state index in [2.05, 4.69) is 4.72 Å². The summed E-state index contributed by atoms with van der Waals surface area (Å²) < 4.78 is 26.8. The summed E-state index contributed by atoms with van der Waals surface area (Å²) in [5, 5.41) is 9.13. The average Bonchev–Trinajstić information content (AvgIpc) is 2.32. The number of carboxylic acids is 1. The summed E-state index contributed by atoms with van der Waals surface area (Å²) >= 11 is 0. The van der Waals surface area contributed by atoms with Crippen LogP contribution in [0.3, 0.4) is 0 Å². The molecule has 1 atom stereocenters. The van der Waals surface area contributed by atoms with Crippen molar-refractivity contribution in [1.29, 1.82) is 0 Å². The summed E-state index contributed by atoms with van der Waals surface area (Å²) in [6.45, 7) is 7.41. The Hall–Kier alpha value is -1.40. The minimum absolute atomic E-state index is 0.0917. The molecule has 2 N–H and O–H groups in total. The second kappa shape index (κ2) is 7.04. The maximum Gasteiger partial charge on any atom is 0.321 e. The van der Waals surface area contributed by atoms with E-state index >= 15 is 0 Å². The highest BCUT2D eigenvalue weighted by atomic mass is 32.2. The fourth-order valence-corrected chi connectivity index (χ4v) is 3.75. The van der Waals surface area contributed by atoms with Gasteiger partial charge in [-0.15, -0.1) is 0 Å². The van der Waals surface area contributed by atoms with Gasteiger partial charge in [0.15, 0.2) is 0 Å². The minimum Gasteiger partial charge on any atom is -0.480 e. The van der Waals surface area contributed by atoms with Gasteiger partial charge in [-0.3, -0.25) is 4.79 Å². The molecular weight excluding hydrogens is 290 g/mol. The average molecular weight is 313 g/mol. The molecule has 0 amide bonds. The number of carboxylic acid groups (broad SMARTS) is 1. The van der Waals surface area contributed by atoms with Crippen LogP contribution < -0.4 is 4.72 Å². The maximum atomic E-state index is 12.2. The molecule has 1 aromatic rings. The molecule has 0 aromatic heterocycles. The topological polar surface area (TPSA) is 83.5 Å². The van der Waals surface area contributed by atoms with E-state index in [0.717, 1.165) is 16.7 Å². The lowest BCUT2D eigenvalue weighted by atomic mass is 10.1. The van der Waals surface area contributed by atoms with Gasteiger partial charge in [-0.05, 0) is 42.9 Å². The van der Waals surface area contributed by atoms with E-state index in [4.69, 9.17) is 5.11 Å². The van der Waals surface area contributed by atoms with Crippen molar-refractivity contribution in [2.24, 2.45) is 5.92 Å². The molecule has 0 aliphatic heterocycles. The molecule has 1 rings (SSSR count). The van der Waals surface area contributed by atoms with E-state index in [1.54, 1.807) is 0 Å². The highest BCUT2D eigenvalue weighted by Crippen LogP contribution is 2.17. The minimum atomic E-state index is -3.70. The van der Waals surface area contributed by atoms with Crippen molar-refractivity contribution in [2.75, 3.05) is 0 Å². The highest BCUT2D eigenvalue weighted by Gasteiger charge is 2.25. The van der Waals surface area contributed by atoms with Gasteiger partial charge in [0.1, 0.15) is 6.04 Å². The van der Waals surface area contributed by atoms with Gasteiger partial charge in [0, 0.05) is 0 Å². The van der Waals surface area contributed by atoms with E-state index < -0.39 is 22.0 Å². The number of benzene rings is 1. The Morgan fingerprint density at radius 1 is 1.24 bits per heavy atom. The van der Waals surface area contributed by atoms with Crippen molar-refractivity contribution in [3.8, 4) is 0 Å². The van der Waals surface area contributed by atoms with E-state index in [0.29, 0.717) is 0 Å². The molecule has 5 nitrogen and oxygen atoms in total. The number of sulfonamides is 1. The first-order valence-electron chi connectivity index (χ1n) is 6.90. The Labute approximate surface area is 126 Å². The van der Waals surface area contributed by atoms with Crippen LogP contribution in [0.25, 0.3) is 0 Å². The summed E-state index contributed by atoms with van der Waals surface area (Å²) in [4.78, 5) is 11.2. The zero-order chi connectivity index (χ0) is 16.2. The van der Waals surface area contributed by atoms with E-state index in [-0.39, 0.29) is 18.1 Å². The number of nitrogens with one attached hydrogen (secondary N) is 1. The van der Waals surface area contributed by atoms with Crippen molar-refractivity contribution in [3.05, 3.63) is 34.9 Å². The SMILES string of the molecule is Cc1cccc(C)c1CS(=O)(=O)N[C@@H](CC(C)C)C(=O)O. The van der Waals surface area contributed by atoms with Crippen LogP contribution in [-0.4, -0.2) is 25.5 Å². The number of hydrogen-bond acceptors (Lipinski definition) is 3. The van der Waals surface area contributed by atoms with Crippen molar-refractivity contribution < 1.29 is 18.3 Å². The first kappa shape index (κ1) is 17.7. The zero-order valence-electron chi connectivity index (χ0n) is 12.9. The monoisotopic (exact) mass is 313 g/mol. The summed E-state index contributed by atoms with van der Waals surface area (Å²) in [7, 11) is -3.70. The lowest BCUT2D eigenvalue weighted by molar-refractivity contribution is -0.139. The molecule has 0 heterocycles. The summed E-state index contributed by atoms with van der Waals surface area (Å²) in [6.07, 6.45) is 0.265. The van der Waals surface area contributed by atoms with Gasteiger partial charge in [-0.25, -0.2) is 13.1 Å². The zero-order valence-corrected chi connectivity index (χ0v) is 13.7.